The molecule has 1 fully saturated rings. The van der Waals surface area contributed by atoms with Gasteiger partial charge in [-0.1, -0.05) is 24.3 Å². The van der Waals surface area contributed by atoms with Crippen LogP contribution in [0.25, 0.3) is 0 Å². The summed E-state index contributed by atoms with van der Waals surface area (Å²) in [5, 5.41) is 1.95. The van der Waals surface area contributed by atoms with E-state index in [1.807, 2.05) is 11.1 Å². The van der Waals surface area contributed by atoms with Crippen molar-refractivity contribution >= 4 is 12.4 Å². The van der Waals surface area contributed by atoms with Crippen molar-refractivity contribution < 1.29 is 13.6 Å². The summed E-state index contributed by atoms with van der Waals surface area (Å²) in [4.78, 5) is 5.58. The first-order valence-corrected chi connectivity index (χ1v) is 9.27. The summed E-state index contributed by atoms with van der Waals surface area (Å²) >= 11 is 0. The Bertz CT molecular complexity index is 723. The van der Waals surface area contributed by atoms with E-state index in [2.05, 4.69) is 26.0 Å². The minimum Gasteiger partial charge on any atom is -0.302 e. The molecule has 0 heterocycles. The second-order valence-corrected chi connectivity index (χ2v) is 7.38. The molecule has 2 nitrogen and oxygen atoms in total. The van der Waals surface area contributed by atoms with Gasteiger partial charge in [-0.25, -0.2) is 8.78 Å². The van der Waals surface area contributed by atoms with Gasteiger partial charge >= 0.3 is 0 Å². The molecule has 0 spiro atoms. The van der Waals surface area contributed by atoms with Crippen molar-refractivity contribution in [3.63, 3.8) is 0 Å². The van der Waals surface area contributed by atoms with Gasteiger partial charge in [-0.3, -0.25) is 0 Å². The lowest BCUT2D eigenvalue weighted by Gasteiger charge is -2.28. The second kappa shape index (κ2) is 9.63. The van der Waals surface area contributed by atoms with Crippen molar-refractivity contribution in [2.75, 3.05) is 20.2 Å². The lowest BCUT2D eigenvalue weighted by Crippen LogP contribution is -2.31. The fraction of sp³-hybridized carbons (Fsp3) is 0.455. The van der Waals surface area contributed by atoms with Crippen LogP contribution in [0.4, 0.5) is 8.78 Å². The number of nitrogens with zero attached hydrogens (tertiary/aromatic N) is 1. The molecule has 0 radical (unpaired) electrons. The van der Waals surface area contributed by atoms with Gasteiger partial charge in [0, 0.05) is 24.6 Å². The standard InChI is InChI=1S/C22H27F2NO.ClH/c1-15-6-4-7-16(2)22(15)18(14-25(26-3)13-17-10-11-17)12-19-20(23)8-5-9-21(19)24;/h4-9,17-18H,10-14H2,1-3H3;1H. The molecule has 1 aliphatic rings. The van der Waals surface area contributed by atoms with Gasteiger partial charge in [-0.05, 0) is 67.9 Å². The zero-order valence-corrected chi connectivity index (χ0v) is 17.0. The number of hydroxylamine groups is 2. The van der Waals surface area contributed by atoms with Crippen LogP contribution >= 0.6 is 12.4 Å². The van der Waals surface area contributed by atoms with Crippen LogP contribution in [0.15, 0.2) is 36.4 Å². The summed E-state index contributed by atoms with van der Waals surface area (Å²) < 4.78 is 28.6. The number of hydrogen-bond acceptors (Lipinski definition) is 2. The van der Waals surface area contributed by atoms with Gasteiger partial charge in [0.2, 0.25) is 0 Å². The molecule has 0 amide bonds. The van der Waals surface area contributed by atoms with Gasteiger partial charge in [0.15, 0.2) is 0 Å². The van der Waals surface area contributed by atoms with Crippen molar-refractivity contribution in [3.8, 4) is 0 Å². The summed E-state index contributed by atoms with van der Waals surface area (Å²) in [6, 6.07) is 10.2. The average Bonchev–Trinajstić information content (AvgIpc) is 3.41. The minimum atomic E-state index is -0.479. The highest BCUT2D eigenvalue weighted by molar-refractivity contribution is 5.85. The fourth-order valence-electron chi connectivity index (χ4n) is 3.76. The van der Waals surface area contributed by atoms with Crippen LogP contribution in [0.2, 0.25) is 0 Å². The molecule has 1 unspecified atom stereocenters. The van der Waals surface area contributed by atoms with Gasteiger partial charge in [-0.2, -0.15) is 5.06 Å². The number of rotatable bonds is 8. The van der Waals surface area contributed by atoms with E-state index in [1.54, 1.807) is 7.11 Å². The third-order valence-electron chi connectivity index (χ3n) is 5.30. The summed E-state index contributed by atoms with van der Waals surface area (Å²) in [5.74, 6) is -0.320. The van der Waals surface area contributed by atoms with Gasteiger partial charge in [0.1, 0.15) is 11.6 Å². The van der Waals surface area contributed by atoms with Crippen LogP contribution in [-0.4, -0.2) is 25.3 Å². The van der Waals surface area contributed by atoms with Crippen LogP contribution in [-0.2, 0) is 11.3 Å². The smallest absolute Gasteiger partial charge is 0.129 e. The lowest BCUT2D eigenvalue weighted by atomic mass is 9.85. The van der Waals surface area contributed by atoms with Crippen LogP contribution in [0, 0.1) is 31.4 Å². The largest absolute Gasteiger partial charge is 0.302 e. The van der Waals surface area contributed by atoms with Crippen LogP contribution in [0.1, 0.15) is 41.0 Å². The first-order chi connectivity index (χ1) is 12.5. The number of aryl methyl sites for hydroxylation is 2. The van der Waals surface area contributed by atoms with E-state index in [0.717, 1.165) is 23.2 Å². The fourth-order valence-corrected chi connectivity index (χ4v) is 3.76. The molecule has 1 atom stereocenters. The molecule has 1 aliphatic carbocycles. The second-order valence-electron chi connectivity index (χ2n) is 7.38. The highest BCUT2D eigenvalue weighted by Gasteiger charge is 2.28. The maximum Gasteiger partial charge on any atom is 0.129 e. The van der Waals surface area contributed by atoms with Crippen molar-refractivity contribution in [3.05, 3.63) is 70.3 Å². The monoisotopic (exact) mass is 395 g/mol. The van der Waals surface area contributed by atoms with E-state index in [9.17, 15) is 8.78 Å². The Morgan fingerprint density at radius 2 is 1.59 bits per heavy atom. The molecule has 1 saturated carbocycles. The van der Waals surface area contributed by atoms with Crippen LogP contribution < -0.4 is 0 Å². The zero-order chi connectivity index (χ0) is 18.7. The molecule has 3 rings (SSSR count). The number of benzene rings is 2. The Kier molecular flexibility index (Phi) is 7.78. The Balaban J connectivity index is 0.00000261. The van der Waals surface area contributed by atoms with Gasteiger partial charge in [0.25, 0.3) is 0 Å². The normalized spacial score (nSPS) is 14.9. The highest BCUT2D eigenvalue weighted by atomic mass is 35.5. The highest BCUT2D eigenvalue weighted by Crippen LogP contribution is 2.33. The van der Waals surface area contributed by atoms with Crippen molar-refractivity contribution in [2.45, 2.75) is 39.0 Å². The summed E-state index contributed by atoms with van der Waals surface area (Å²) in [6.07, 6.45) is 2.78. The van der Waals surface area contributed by atoms with E-state index in [0.29, 0.717) is 18.9 Å². The zero-order valence-electron chi connectivity index (χ0n) is 16.2. The molecule has 0 saturated heterocycles. The van der Waals surface area contributed by atoms with Gasteiger partial charge < -0.3 is 4.84 Å². The Morgan fingerprint density at radius 1 is 1.04 bits per heavy atom. The van der Waals surface area contributed by atoms with Gasteiger partial charge in [0.05, 0.1) is 7.11 Å². The summed E-state index contributed by atoms with van der Waals surface area (Å²) in [6.45, 7) is 5.61. The predicted octanol–water partition coefficient (Wildman–Crippen LogP) is 5.60. The van der Waals surface area contributed by atoms with Crippen molar-refractivity contribution in [2.24, 2.45) is 5.92 Å². The first kappa shape index (κ1) is 21.8. The van der Waals surface area contributed by atoms with E-state index < -0.39 is 11.6 Å². The SMILES string of the molecule is CON(CC1CC1)CC(Cc1c(F)cccc1F)c1c(C)cccc1C.Cl. The van der Waals surface area contributed by atoms with E-state index >= 15 is 0 Å². The molecule has 0 N–H and O–H groups in total. The molecular weight excluding hydrogens is 368 g/mol. The minimum absolute atomic E-state index is 0. The Labute approximate surface area is 166 Å². The third kappa shape index (κ3) is 5.50. The molecular formula is C22H28ClF2NO. The average molecular weight is 396 g/mol. The predicted molar refractivity (Wildman–Crippen MR) is 107 cm³/mol. The van der Waals surface area contributed by atoms with Gasteiger partial charge in [-0.15, -0.1) is 12.4 Å². The molecule has 0 bridgehead atoms. The van der Waals surface area contributed by atoms with Crippen molar-refractivity contribution in [1.82, 2.24) is 5.06 Å². The van der Waals surface area contributed by atoms with Crippen molar-refractivity contribution in [1.29, 1.82) is 0 Å². The molecule has 148 valence electrons. The topological polar surface area (TPSA) is 12.5 Å². The molecule has 2 aromatic carbocycles. The lowest BCUT2D eigenvalue weighted by molar-refractivity contribution is -0.137. The molecule has 27 heavy (non-hydrogen) atoms. The number of halogens is 3. The quantitative estimate of drug-likeness (QED) is 0.539. The summed E-state index contributed by atoms with van der Waals surface area (Å²) in [7, 11) is 1.67. The summed E-state index contributed by atoms with van der Waals surface area (Å²) in [5.41, 5.74) is 3.61. The first-order valence-electron chi connectivity index (χ1n) is 9.27. The maximum absolute atomic E-state index is 14.3. The van der Waals surface area contributed by atoms with E-state index in [1.165, 1.54) is 31.0 Å². The molecule has 5 heteroatoms. The maximum atomic E-state index is 14.3. The van der Waals surface area contributed by atoms with Crippen LogP contribution in [0.5, 0.6) is 0 Å². The molecule has 0 aromatic heterocycles. The molecule has 2 aromatic rings. The van der Waals surface area contributed by atoms with E-state index in [4.69, 9.17) is 4.84 Å². The Hall–Kier alpha value is -1.49. The molecule has 0 aliphatic heterocycles. The van der Waals surface area contributed by atoms with E-state index in [-0.39, 0.29) is 23.9 Å². The Morgan fingerprint density at radius 3 is 2.11 bits per heavy atom. The number of hydrogen-bond donors (Lipinski definition) is 0. The van der Waals surface area contributed by atoms with Crippen LogP contribution in [0.3, 0.4) is 0 Å². The third-order valence-corrected chi connectivity index (χ3v) is 5.30.